The number of methoxy groups -OCH3 is 1. The number of carbonyl (C=O) groups excluding carboxylic acids is 1. The molecule has 37 heavy (non-hydrogen) atoms. The van der Waals surface area contributed by atoms with Gasteiger partial charge in [-0.15, -0.1) is 10.2 Å². The fourth-order valence-electron chi connectivity index (χ4n) is 4.92. The van der Waals surface area contributed by atoms with Crippen molar-refractivity contribution < 1.29 is 9.53 Å². The summed E-state index contributed by atoms with van der Waals surface area (Å²) in [4.78, 5) is 15.3. The van der Waals surface area contributed by atoms with Crippen LogP contribution in [0.25, 0.3) is 11.1 Å². The highest BCUT2D eigenvalue weighted by Gasteiger charge is 2.23. The highest BCUT2D eigenvalue weighted by molar-refractivity contribution is 5.94. The molecule has 0 saturated carbocycles. The molecule has 0 saturated heterocycles. The zero-order valence-electron chi connectivity index (χ0n) is 21.6. The van der Waals surface area contributed by atoms with Crippen LogP contribution in [0.2, 0.25) is 0 Å². The van der Waals surface area contributed by atoms with E-state index in [1.54, 1.807) is 19.2 Å². The zero-order valence-corrected chi connectivity index (χ0v) is 21.6. The second-order valence-corrected chi connectivity index (χ2v) is 9.59. The van der Waals surface area contributed by atoms with Gasteiger partial charge in [-0.3, -0.25) is 9.69 Å². The average Bonchev–Trinajstić information content (AvgIpc) is 3.23. The van der Waals surface area contributed by atoms with Crippen LogP contribution in [-0.2, 0) is 19.5 Å². The molecule has 3 aromatic carbocycles. The van der Waals surface area contributed by atoms with Crippen molar-refractivity contribution in [2.45, 2.75) is 39.4 Å². The molecule has 7 heteroatoms. The molecule has 7 nitrogen and oxygen atoms in total. The number of nitrogens with one attached hydrogen (secondary N) is 1. The second-order valence-electron chi connectivity index (χ2n) is 9.59. The van der Waals surface area contributed by atoms with Crippen LogP contribution in [0.5, 0.6) is 5.75 Å². The Bertz CT molecular complexity index is 1380. The van der Waals surface area contributed by atoms with Gasteiger partial charge in [0.1, 0.15) is 11.6 Å². The Labute approximate surface area is 218 Å². The Hall–Kier alpha value is -3.97. The van der Waals surface area contributed by atoms with Crippen LogP contribution in [0.1, 0.15) is 46.1 Å². The van der Waals surface area contributed by atoms with E-state index >= 15 is 0 Å². The van der Waals surface area contributed by atoms with Gasteiger partial charge in [0.2, 0.25) is 0 Å². The van der Waals surface area contributed by atoms with Gasteiger partial charge < -0.3 is 14.6 Å². The summed E-state index contributed by atoms with van der Waals surface area (Å²) in [5, 5.41) is 11.9. The van der Waals surface area contributed by atoms with Gasteiger partial charge in [-0.1, -0.05) is 54.6 Å². The molecule has 0 bridgehead atoms. The molecule has 5 rings (SSSR count). The predicted octanol–water partition coefficient (Wildman–Crippen LogP) is 4.81. The van der Waals surface area contributed by atoms with E-state index in [-0.39, 0.29) is 11.9 Å². The molecule has 2 heterocycles. The lowest BCUT2D eigenvalue weighted by atomic mass is 9.99. The monoisotopic (exact) mass is 495 g/mol. The van der Waals surface area contributed by atoms with E-state index in [1.165, 1.54) is 22.3 Å². The Kier molecular flexibility index (Phi) is 7.32. The van der Waals surface area contributed by atoms with E-state index in [9.17, 15) is 4.79 Å². The summed E-state index contributed by atoms with van der Waals surface area (Å²) in [6, 6.07) is 24.3. The number of rotatable bonds is 7. The third-order valence-corrected chi connectivity index (χ3v) is 7.03. The van der Waals surface area contributed by atoms with E-state index in [0.29, 0.717) is 11.3 Å². The smallest absolute Gasteiger partial charge is 0.251 e. The molecule has 1 amide bonds. The van der Waals surface area contributed by atoms with Gasteiger partial charge >= 0.3 is 0 Å². The third kappa shape index (κ3) is 5.57. The fraction of sp³-hybridized carbons (Fsp3) is 0.300. The highest BCUT2D eigenvalue weighted by Crippen LogP contribution is 2.24. The van der Waals surface area contributed by atoms with Gasteiger partial charge in [0.15, 0.2) is 5.82 Å². The minimum absolute atomic E-state index is 0.159. The summed E-state index contributed by atoms with van der Waals surface area (Å²) in [7, 11) is 1.59. The van der Waals surface area contributed by atoms with Gasteiger partial charge in [0, 0.05) is 38.2 Å². The van der Waals surface area contributed by atoms with Crippen LogP contribution < -0.4 is 10.1 Å². The van der Waals surface area contributed by atoms with Gasteiger partial charge in [-0.2, -0.15) is 0 Å². The lowest BCUT2D eigenvalue weighted by Crippen LogP contribution is -2.30. The van der Waals surface area contributed by atoms with Crippen molar-refractivity contribution in [1.29, 1.82) is 0 Å². The molecule has 1 atom stereocenters. The van der Waals surface area contributed by atoms with Crippen molar-refractivity contribution in [3.8, 4) is 16.9 Å². The first-order valence-electron chi connectivity index (χ1n) is 12.8. The maximum absolute atomic E-state index is 12.8. The molecule has 0 spiro atoms. The van der Waals surface area contributed by atoms with Crippen LogP contribution >= 0.6 is 0 Å². The van der Waals surface area contributed by atoms with Gasteiger partial charge in [0.25, 0.3) is 5.91 Å². The molecule has 0 fully saturated rings. The lowest BCUT2D eigenvalue weighted by Gasteiger charge is -2.20. The molecule has 0 aliphatic carbocycles. The van der Waals surface area contributed by atoms with Crippen molar-refractivity contribution in [2.75, 3.05) is 20.2 Å². The molecule has 190 valence electrons. The maximum Gasteiger partial charge on any atom is 0.251 e. The number of nitrogens with zero attached hydrogens (tertiary/aromatic N) is 4. The second kappa shape index (κ2) is 11.0. The molecule has 4 aromatic rings. The summed E-state index contributed by atoms with van der Waals surface area (Å²) >= 11 is 0. The molecular formula is C30H33N5O2. The van der Waals surface area contributed by atoms with Crippen molar-refractivity contribution in [2.24, 2.45) is 0 Å². The van der Waals surface area contributed by atoms with Gasteiger partial charge in [-0.05, 0) is 54.3 Å². The van der Waals surface area contributed by atoms with E-state index in [0.717, 1.165) is 44.2 Å². The van der Waals surface area contributed by atoms with Crippen LogP contribution in [0.4, 0.5) is 0 Å². The van der Waals surface area contributed by atoms with E-state index in [2.05, 4.69) is 80.4 Å². The molecule has 1 unspecified atom stereocenters. The zero-order chi connectivity index (χ0) is 25.8. The summed E-state index contributed by atoms with van der Waals surface area (Å²) in [5.74, 6) is 2.25. The highest BCUT2D eigenvalue weighted by atomic mass is 16.5. The Morgan fingerprint density at radius 1 is 1.00 bits per heavy atom. The van der Waals surface area contributed by atoms with Crippen LogP contribution in [0.15, 0.2) is 72.8 Å². The quantitative estimate of drug-likeness (QED) is 0.398. The number of amides is 1. The van der Waals surface area contributed by atoms with E-state index in [1.807, 2.05) is 19.1 Å². The Morgan fingerprint density at radius 3 is 2.59 bits per heavy atom. The molecular weight excluding hydrogens is 462 g/mol. The van der Waals surface area contributed by atoms with Crippen LogP contribution in [0, 0.1) is 6.92 Å². The molecule has 0 radical (unpaired) electrons. The van der Waals surface area contributed by atoms with Crippen LogP contribution in [-0.4, -0.2) is 45.8 Å². The number of aromatic nitrogens is 3. The van der Waals surface area contributed by atoms with Crippen molar-refractivity contribution >= 4 is 5.91 Å². The average molecular weight is 496 g/mol. The maximum atomic E-state index is 12.8. The summed E-state index contributed by atoms with van der Waals surface area (Å²) < 4.78 is 7.41. The van der Waals surface area contributed by atoms with E-state index in [4.69, 9.17) is 4.74 Å². The normalized spacial score (nSPS) is 14.5. The number of hydrogen-bond acceptors (Lipinski definition) is 5. The topological polar surface area (TPSA) is 72.3 Å². The number of benzene rings is 3. The summed E-state index contributed by atoms with van der Waals surface area (Å²) in [6.07, 6.45) is 0.824. The van der Waals surface area contributed by atoms with Gasteiger partial charge in [0.05, 0.1) is 13.2 Å². The number of carbonyl (C=O) groups is 1. The minimum Gasteiger partial charge on any atom is -0.497 e. The minimum atomic E-state index is -0.263. The number of hydrogen-bond donors (Lipinski definition) is 1. The standard InChI is InChI=1S/C30H33N5O2/c1-21-7-4-5-10-27(21)24-13-11-23(12-14-24)20-34-16-15-28-32-33-29(35(28)18-17-34)22(2)31-30(36)25-8-6-9-26(19-25)37-3/h4-14,19,22H,15-18,20H2,1-3H3,(H,31,36). The van der Waals surface area contributed by atoms with Crippen molar-refractivity contribution in [3.05, 3.63) is 101 Å². The predicted molar refractivity (Wildman–Crippen MR) is 144 cm³/mol. The number of aryl methyl sites for hydroxylation is 1. The first-order valence-corrected chi connectivity index (χ1v) is 12.8. The fourth-order valence-corrected chi connectivity index (χ4v) is 4.92. The van der Waals surface area contributed by atoms with Gasteiger partial charge in [-0.25, -0.2) is 0 Å². The van der Waals surface area contributed by atoms with Crippen LogP contribution in [0.3, 0.4) is 0 Å². The number of fused-ring (bicyclic) bond motifs is 1. The molecule has 1 aliphatic heterocycles. The Balaban J connectivity index is 1.22. The molecule has 1 aromatic heterocycles. The first-order chi connectivity index (χ1) is 18.0. The Morgan fingerprint density at radius 2 is 1.81 bits per heavy atom. The SMILES string of the molecule is COc1cccc(C(=O)NC(C)c2nnc3n2CCN(Cc2ccc(-c4ccccc4C)cc2)CC3)c1. The lowest BCUT2D eigenvalue weighted by molar-refractivity contribution is 0.0937. The largest absolute Gasteiger partial charge is 0.497 e. The molecule has 1 aliphatic rings. The third-order valence-electron chi connectivity index (χ3n) is 7.03. The van der Waals surface area contributed by atoms with Crippen molar-refractivity contribution in [3.63, 3.8) is 0 Å². The summed E-state index contributed by atoms with van der Waals surface area (Å²) in [5.41, 5.74) is 5.67. The van der Waals surface area contributed by atoms with Crippen molar-refractivity contribution in [1.82, 2.24) is 25.0 Å². The summed E-state index contributed by atoms with van der Waals surface area (Å²) in [6.45, 7) is 7.60. The van der Waals surface area contributed by atoms with E-state index < -0.39 is 0 Å². The molecule has 1 N–H and O–H groups in total. The number of ether oxygens (including phenoxy) is 1. The first kappa shape index (κ1) is 24.7.